The summed E-state index contributed by atoms with van der Waals surface area (Å²) in [5, 5.41) is 4.41. The molecule has 0 aliphatic heterocycles. The molecular formula is C14H16ClN3O3. The largest absolute Gasteiger partial charge is 0.493 e. The minimum absolute atomic E-state index is 0.421. The number of nitrogens with two attached hydrogens (primary N) is 1. The maximum atomic E-state index is 6.18. The molecule has 112 valence electrons. The summed E-state index contributed by atoms with van der Waals surface area (Å²) >= 11 is 6.18. The molecule has 1 saturated carbocycles. The number of nitrogens with zero attached hydrogens (tertiary/aromatic N) is 2. The van der Waals surface area contributed by atoms with Crippen molar-refractivity contribution in [3.8, 4) is 22.9 Å². The van der Waals surface area contributed by atoms with E-state index in [1.807, 2.05) is 0 Å². The van der Waals surface area contributed by atoms with Crippen LogP contribution in [0.1, 0.15) is 25.2 Å². The summed E-state index contributed by atoms with van der Waals surface area (Å²) in [6.45, 7) is 0. The van der Waals surface area contributed by atoms with Crippen LogP contribution in [0.25, 0.3) is 11.4 Å². The predicted octanol–water partition coefficient (Wildman–Crippen LogP) is 2.75. The minimum atomic E-state index is -0.481. The summed E-state index contributed by atoms with van der Waals surface area (Å²) in [4.78, 5) is 4.39. The van der Waals surface area contributed by atoms with Crippen molar-refractivity contribution in [2.45, 2.75) is 24.8 Å². The fraction of sp³-hybridized carbons (Fsp3) is 0.429. The Kier molecular flexibility index (Phi) is 3.51. The van der Waals surface area contributed by atoms with Gasteiger partial charge in [-0.3, -0.25) is 0 Å². The number of benzene rings is 1. The molecule has 21 heavy (non-hydrogen) atoms. The second-order valence-corrected chi connectivity index (χ2v) is 5.53. The first-order chi connectivity index (χ1) is 10.1. The van der Waals surface area contributed by atoms with Crippen LogP contribution in [-0.4, -0.2) is 24.4 Å². The highest BCUT2D eigenvalue weighted by Crippen LogP contribution is 2.41. The van der Waals surface area contributed by atoms with Crippen molar-refractivity contribution < 1.29 is 14.0 Å². The Hall–Kier alpha value is -1.79. The highest BCUT2D eigenvalue weighted by Gasteiger charge is 2.40. The zero-order valence-corrected chi connectivity index (χ0v) is 12.6. The van der Waals surface area contributed by atoms with Crippen LogP contribution in [0.4, 0.5) is 0 Å². The molecule has 0 radical (unpaired) electrons. The number of hydrogen-bond acceptors (Lipinski definition) is 6. The van der Waals surface area contributed by atoms with E-state index < -0.39 is 5.54 Å². The Bertz CT molecular complexity index is 667. The van der Waals surface area contributed by atoms with Crippen molar-refractivity contribution in [2.75, 3.05) is 14.2 Å². The van der Waals surface area contributed by atoms with Crippen LogP contribution < -0.4 is 15.2 Å². The molecule has 6 nitrogen and oxygen atoms in total. The minimum Gasteiger partial charge on any atom is -0.493 e. The van der Waals surface area contributed by atoms with Gasteiger partial charge in [0.15, 0.2) is 11.5 Å². The molecule has 0 spiro atoms. The van der Waals surface area contributed by atoms with Gasteiger partial charge in [-0.15, -0.1) is 0 Å². The number of rotatable bonds is 4. The lowest BCUT2D eigenvalue weighted by Crippen LogP contribution is -2.43. The van der Waals surface area contributed by atoms with Crippen LogP contribution in [0.5, 0.6) is 11.5 Å². The number of hydrogen-bond donors (Lipinski definition) is 1. The zero-order valence-electron chi connectivity index (χ0n) is 11.9. The van der Waals surface area contributed by atoms with E-state index in [0.717, 1.165) is 19.3 Å². The zero-order chi connectivity index (χ0) is 15.0. The van der Waals surface area contributed by atoms with Crippen molar-refractivity contribution in [2.24, 2.45) is 5.73 Å². The molecule has 0 unspecified atom stereocenters. The normalized spacial score (nSPS) is 16.4. The van der Waals surface area contributed by atoms with Crippen LogP contribution >= 0.6 is 11.6 Å². The van der Waals surface area contributed by atoms with Gasteiger partial charge in [0, 0.05) is 5.56 Å². The average molecular weight is 310 g/mol. The fourth-order valence-electron chi connectivity index (χ4n) is 2.36. The van der Waals surface area contributed by atoms with Gasteiger partial charge in [0.2, 0.25) is 11.7 Å². The first-order valence-electron chi connectivity index (χ1n) is 6.62. The van der Waals surface area contributed by atoms with Crippen LogP contribution in [0.3, 0.4) is 0 Å². The van der Waals surface area contributed by atoms with Gasteiger partial charge in [-0.2, -0.15) is 4.98 Å². The number of aromatic nitrogens is 2. The van der Waals surface area contributed by atoms with Crippen molar-refractivity contribution in [3.05, 3.63) is 23.0 Å². The van der Waals surface area contributed by atoms with Crippen LogP contribution in [-0.2, 0) is 5.54 Å². The Morgan fingerprint density at radius 3 is 2.62 bits per heavy atom. The lowest BCUT2D eigenvalue weighted by atomic mass is 9.78. The number of ether oxygens (including phenoxy) is 2. The maximum absolute atomic E-state index is 6.18. The molecule has 0 amide bonds. The second kappa shape index (κ2) is 5.20. The molecule has 1 aliphatic carbocycles. The Morgan fingerprint density at radius 1 is 1.29 bits per heavy atom. The van der Waals surface area contributed by atoms with E-state index in [9.17, 15) is 0 Å². The van der Waals surface area contributed by atoms with Gasteiger partial charge in [-0.1, -0.05) is 16.8 Å². The number of methoxy groups -OCH3 is 2. The van der Waals surface area contributed by atoms with E-state index in [-0.39, 0.29) is 0 Å². The van der Waals surface area contributed by atoms with Gasteiger partial charge in [0.05, 0.1) is 24.8 Å². The van der Waals surface area contributed by atoms with Crippen molar-refractivity contribution >= 4 is 11.6 Å². The van der Waals surface area contributed by atoms with Gasteiger partial charge in [-0.25, -0.2) is 0 Å². The van der Waals surface area contributed by atoms with Gasteiger partial charge in [-0.05, 0) is 31.4 Å². The van der Waals surface area contributed by atoms with Gasteiger partial charge in [0.1, 0.15) is 0 Å². The molecule has 1 aromatic heterocycles. The van der Waals surface area contributed by atoms with Crippen molar-refractivity contribution in [3.63, 3.8) is 0 Å². The van der Waals surface area contributed by atoms with Gasteiger partial charge in [0.25, 0.3) is 0 Å². The number of halogens is 1. The fourth-order valence-corrected chi connectivity index (χ4v) is 2.65. The summed E-state index contributed by atoms with van der Waals surface area (Å²) in [5.74, 6) is 1.89. The topological polar surface area (TPSA) is 83.4 Å². The SMILES string of the molecule is COc1cc(-c2noc(C3(N)CCC3)n2)cc(Cl)c1OC. The summed E-state index contributed by atoms with van der Waals surface area (Å²) < 4.78 is 15.8. The quantitative estimate of drug-likeness (QED) is 0.935. The monoisotopic (exact) mass is 309 g/mol. The second-order valence-electron chi connectivity index (χ2n) is 5.13. The first-order valence-corrected chi connectivity index (χ1v) is 7.00. The van der Waals surface area contributed by atoms with Gasteiger partial charge >= 0.3 is 0 Å². The Morgan fingerprint density at radius 2 is 2.05 bits per heavy atom. The molecule has 0 saturated heterocycles. The van der Waals surface area contributed by atoms with Gasteiger partial charge < -0.3 is 19.7 Å². The summed E-state index contributed by atoms with van der Waals surface area (Å²) in [5.41, 5.74) is 6.39. The van der Waals surface area contributed by atoms with E-state index >= 15 is 0 Å². The lowest BCUT2D eigenvalue weighted by molar-refractivity contribution is 0.181. The van der Waals surface area contributed by atoms with E-state index in [1.54, 1.807) is 19.2 Å². The molecule has 2 aromatic rings. The molecule has 3 rings (SSSR count). The standard InChI is InChI=1S/C14H16ClN3O3/c1-19-10-7-8(6-9(15)11(10)20-2)12-17-13(21-18-12)14(16)4-3-5-14/h6-7H,3-5,16H2,1-2H3. The maximum Gasteiger partial charge on any atom is 0.247 e. The lowest BCUT2D eigenvalue weighted by Gasteiger charge is -2.33. The highest BCUT2D eigenvalue weighted by atomic mass is 35.5. The molecular weight excluding hydrogens is 294 g/mol. The third-order valence-electron chi connectivity index (χ3n) is 3.79. The Labute approximate surface area is 127 Å². The van der Waals surface area contributed by atoms with Crippen molar-refractivity contribution in [1.29, 1.82) is 0 Å². The van der Waals surface area contributed by atoms with E-state index in [0.29, 0.717) is 33.8 Å². The average Bonchev–Trinajstić information content (AvgIpc) is 2.93. The summed E-state index contributed by atoms with van der Waals surface area (Å²) in [6, 6.07) is 3.46. The molecule has 0 atom stereocenters. The molecule has 1 fully saturated rings. The van der Waals surface area contributed by atoms with E-state index in [1.165, 1.54) is 7.11 Å². The summed E-state index contributed by atoms with van der Waals surface area (Å²) in [6.07, 6.45) is 2.80. The third kappa shape index (κ3) is 2.34. The molecule has 1 aromatic carbocycles. The van der Waals surface area contributed by atoms with Crippen LogP contribution in [0.15, 0.2) is 16.7 Å². The van der Waals surface area contributed by atoms with Crippen molar-refractivity contribution in [1.82, 2.24) is 10.1 Å². The molecule has 7 heteroatoms. The predicted molar refractivity (Wildman–Crippen MR) is 77.6 cm³/mol. The molecule has 2 N–H and O–H groups in total. The Balaban J connectivity index is 1.99. The van der Waals surface area contributed by atoms with E-state index in [4.69, 9.17) is 31.3 Å². The van der Waals surface area contributed by atoms with E-state index in [2.05, 4.69) is 10.1 Å². The smallest absolute Gasteiger partial charge is 0.247 e. The molecule has 1 aliphatic rings. The highest BCUT2D eigenvalue weighted by molar-refractivity contribution is 6.32. The molecule has 1 heterocycles. The van der Waals surface area contributed by atoms with Crippen LogP contribution in [0.2, 0.25) is 5.02 Å². The first kappa shape index (κ1) is 14.2. The molecule has 0 bridgehead atoms. The third-order valence-corrected chi connectivity index (χ3v) is 4.07. The summed E-state index contributed by atoms with van der Waals surface area (Å²) in [7, 11) is 3.08. The van der Waals surface area contributed by atoms with Crippen LogP contribution in [0, 0.1) is 0 Å².